The summed E-state index contributed by atoms with van der Waals surface area (Å²) in [4.78, 5) is 0. The number of para-hydroxylation sites is 1. The van der Waals surface area contributed by atoms with Crippen molar-refractivity contribution in [2.24, 2.45) is 5.92 Å². The lowest BCUT2D eigenvalue weighted by atomic mass is 10.1. The highest BCUT2D eigenvalue weighted by Gasteiger charge is 1.94. The molecule has 0 aliphatic rings. The van der Waals surface area contributed by atoms with Gasteiger partial charge in [-0.1, -0.05) is 38.1 Å². The van der Waals surface area contributed by atoms with Crippen LogP contribution in [0.3, 0.4) is 0 Å². The van der Waals surface area contributed by atoms with Gasteiger partial charge in [-0.25, -0.2) is 0 Å². The van der Waals surface area contributed by atoms with Crippen molar-refractivity contribution in [2.75, 3.05) is 5.32 Å². The van der Waals surface area contributed by atoms with E-state index >= 15 is 0 Å². The molecule has 0 unspecified atom stereocenters. The van der Waals surface area contributed by atoms with Crippen LogP contribution in [-0.2, 0) is 0 Å². The number of allylic oxidation sites excluding steroid dienone is 1. The fraction of sp³-hybridized carbons (Fsp3) is 0.308. The van der Waals surface area contributed by atoms with Crippen LogP contribution in [0.15, 0.2) is 36.5 Å². The first-order valence-corrected chi connectivity index (χ1v) is 5.25. The molecule has 0 aliphatic heterocycles. The van der Waals surface area contributed by atoms with Gasteiger partial charge in [0.25, 0.3) is 0 Å². The second-order valence-electron chi connectivity index (χ2n) is 3.91. The third-order valence-electron chi connectivity index (χ3n) is 2.08. The molecule has 0 radical (unpaired) electrons. The lowest BCUT2D eigenvalue weighted by Crippen LogP contribution is -1.93. The molecule has 80 valence electrons. The normalized spacial score (nSPS) is 10.9. The van der Waals surface area contributed by atoms with E-state index < -0.39 is 0 Å². The van der Waals surface area contributed by atoms with E-state index in [1.165, 1.54) is 6.21 Å². The zero-order chi connectivity index (χ0) is 11.1. The van der Waals surface area contributed by atoms with Gasteiger partial charge in [-0.15, -0.1) is 0 Å². The summed E-state index contributed by atoms with van der Waals surface area (Å²) < 4.78 is 0. The van der Waals surface area contributed by atoms with E-state index in [9.17, 15) is 0 Å². The number of anilines is 1. The molecule has 1 aromatic rings. The van der Waals surface area contributed by atoms with E-state index in [2.05, 4.69) is 25.2 Å². The van der Waals surface area contributed by atoms with Crippen LogP contribution in [0.1, 0.15) is 25.8 Å². The topological polar surface area (TPSA) is 35.9 Å². The zero-order valence-electron chi connectivity index (χ0n) is 9.33. The van der Waals surface area contributed by atoms with Crippen LogP contribution in [0.25, 0.3) is 0 Å². The van der Waals surface area contributed by atoms with Gasteiger partial charge in [0, 0.05) is 17.5 Å². The molecule has 2 heteroatoms. The van der Waals surface area contributed by atoms with Gasteiger partial charge in [0.1, 0.15) is 0 Å². The van der Waals surface area contributed by atoms with Crippen molar-refractivity contribution in [3.8, 4) is 0 Å². The van der Waals surface area contributed by atoms with Crippen molar-refractivity contribution < 1.29 is 0 Å². The maximum absolute atomic E-state index is 7.24. The first kappa shape index (κ1) is 11.5. The van der Waals surface area contributed by atoms with Crippen molar-refractivity contribution in [2.45, 2.75) is 20.3 Å². The largest absolute Gasteiger partial charge is 0.361 e. The number of rotatable bonds is 5. The molecule has 0 spiro atoms. The van der Waals surface area contributed by atoms with Gasteiger partial charge < -0.3 is 10.7 Å². The molecule has 15 heavy (non-hydrogen) atoms. The molecular weight excluding hydrogens is 184 g/mol. The molecule has 0 fully saturated rings. The Bertz CT molecular complexity index is 340. The monoisotopic (exact) mass is 202 g/mol. The van der Waals surface area contributed by atoms with Crippen LogP contribution in [0.4, 0.5) is 5.69 Å². The number of nitrogens with one attached hydrogen (secondary N) is 2. The molecule has 0 atom stereocenters. The molecule has 2 N–H and O–H groups in total. The summed E-state index contributed by atoms with van der Waals surface area (Å²) in [6, 6.07) is 7.79. The van der Waals surface area contributed by atoms with Crippen molar-refractivity contribution in [1.82, 2.24) is 0 Å². The van der Waals surface area contributed by atoms with Crippen LogP contribution in [0, 0.1) is 11.3 Å². The van der Waals surface area contributed by atoms with Gasteiger partial charge in [-0.2, -0.15) is 0 Å². The summed E-state index contributed by atoms with van der Waals surface area (Å²) in [6.07, 6.45) is 6.49. The molecule has 0 aromatic heterocycles. The third kappa shape index (κ3) is 3.98. The first-order valence-electron chi connectivity index (χ1n) is 5.25. The Kier molecular flexibility index (Phi) is 4.61. The van der Waals surface area contributed by atoms with Crippen LogP contribution >= 0.6 is 0 Å². The van der Waals surface area contributed by atoms with Crippen LogP contribution in [0.2, 0.25) is 0 Å². The van der Waals surface area contributed by atoms with E-state index in [4.69, 9.17) is 5.41 Å². The van der Waals surface area contributed by atoms with Gasteiger partial charge in [-0.3, -0.25) is 0 Å². The molecule has 2 nitrogen and oxygen atoms in total. The van der Waals surface area contributed by atoms with E-state index in [0.717, 1.165) is 17.7 Å². The Morgan fingerprint density at radius 2 is 2.07 bits per heavy atom. The molecule has 1 rings (SSSR count). The second kappa shape index (κ2) is 6.02. The quantitative estimate of drug-likeness (QED) is 0.702. The molecule has 0 bridgehead atoms. The van der Waals surface area contributed by atoms with E-state index in [1.54, 1.807) is 0 Å². The number of hydrogen-bond acceptors (Lipinski definition) is 2. The molecular formula is C13H18N2. The highest BCUT2D eigenvalue weighted by Crippen LogP contribution is 2.12. The minimum atomic E-state index is 0.682. The van der Waals surface area contributed by atoms with Crippen molar-refractivity contribution >= 4 is 11.9 Å². The molecule has 0 saturated carbocycles. The minimum absolute atomic E-state index is 0.682. The zero-order valence-corrected chi connectivity index (χ0v) is 9.33. The third-order valence-corrected chi connectivity index (χ3v) is 2.08. The summed E-state index contributed by atoms with van der Waals surface area (Å²) in [5, 5.41) is 10.4. The molecule has 1 aromatic carbocycles. The molecule has 0 saturated heterocycles. The Hall–Kier alpha value is -1.57. The smallest absolute Gasteiger partial charge is 0.0468 e. The van der Waals surface area contributed by atoms with Crippen molar-refractivity contribution in [3.05, 3.63) is 42.1 Å². The van der Waals surface area contributed by atoms with Gasteiger partial charge in [0.15, 0.2) is 0 Å². The number of hydrogen-bond donors (Lipinski definition) is 2. The predicted molar refractivity (Wildman–Crippen MR) is 66.5 cm³/mol. The Balaban J connectivity index is 2.57. The fourth-order valence-electron chi connectivity index (χ4n) is 1.24. The maximum atomic E-state index is 7.24. The summed E-state index contributed by atoms with van der Waals surface area (Å²) in [7, 11) is 0. The van der Waals surface area contributed by atoms with Crippen LogP contribution in [0.5, 0.6) is 0 Å². The van der Waals surface area contributed by atoms with Gasteiger partial charge >= 0.3 is 0 Å². The summed E-state index contributed by atoms with van der Waals surface area (Å²) in [6.45, 7) is 4.38. The van der Waals surface area contributed by atoms with E-state index in [1.807, 2.05) is 30.5 Å². The Morgan fingerprint density at radius 1 is 1.33 bits per heavy atom. The summed E-state index contributed by atoms with van der Waals surface area (Å²) in [5.74, 6) is 0.682. The lowest BCUT2D eigenvalue weighted by Gasteiger charge is -2.04. The predicted octanol–water partition coefficient (Wildman–Crippen LogP) is 3.66. The van der Waals surface area contributed by atoms with Crippen LogP contribution in [-0.4, -0.2) is 6.21 Å². The van der Waals surface area contributed by atoms with Gasteiger partial charge in [0.05, 0.1) is 0 Å². The average Bonchev–Trinajstić information content (AvgIpc) is 2.24. The number of benzene rings is 1. The minimum Gasteiger partial charge on any atom is -0.361 e. The Labute approximate surface area is 91.5 Å². The average molecular weight is 202 g/mol. The first-order chi connectivity index (χ1) is 7.24. The van der Waals surface area contributed by atoms with E-state index in [-0.39, 0.29) is 0 Å². The second-order valence-corrected chi connectivity index (χ2v) is 3.91. The molecule has 0 aliphatic carbocycles. The SMILES string of the molecule is CC(C)C/C=C\Nc1ccccc1C=N. The van der Waals surface area contributed by atoms with E-state index in [0.29, 0.717) is 5.92 Å². The van der Waals surface area contributed by atoms with Gasteiger partial charge in [-0.05, 0) is 24.6 Å². The highest BCUT2D eigenvalue weighted by molar-refractivity contribution is 5.85. The highest BCUT2D eigenvalue weighted by atomic mass is 14.8. The maximum Gasteiger partial charge on any atom is 0.0468 e. The van der Waals surface area contributed by atoms with Gasteiger partial charge in [0.2, 0.25) is 0 Å². The summed E-state index contributed by atoms with van der Waals surface area (Å²) >= 11 is 0. The summed E-state index contributed by atoms with van der Waals surface area (Å²) in [5.41, 5.74) is 1.89. The fourth-order valence-corrected chi connectivity index (χ4v) is 1.24. The molecule has 0 amide bonds. The molecule has 0 heterocycles. The van der Waals surface area contributed by atoms with Crippen molar-refractivity contribution in [3.63, 3.8) is 0 Å². The lowest BCUT2D eigenvalue weighted by molar-refractivity contribution is 0.663. The van der Waals surface area contributed by atoms with Crippen LogP contribution < -0.4 is 5.32 Å². The van der Waals surface area contributed by atoms with Crippen molar-refractivity contribution in [1.29, 1.82) is 5.41 Å². The standard InChI is InChI=1S/C13H18N2/c1-11(2)6-5-9-15-13-8-4-3-7-12(13)10-14/h3-5,7-11,14-15H,6H2,1-2H3/b9-5-,14-10?. The Morgan fingerprint density at radius 3 is 2.73 bits per heavy atom.